The maximum absolute atomic E-state index is 12.6. The van der Waals surface area contributed by atoms with Gasteiger partial charge in [-0.1, -0.05) is 95.2 Å². The summed E-state index contributed by atoms with van der Waals surface area (Å²) in [7, 11) is 5.37. The fourth-order valence-corrected chi connectivity index (χ4v) is 4.67. The van der Waals surface area contributed by atoms with Gasteiger partial charge >= 0.3 is 11.9 Å². The van der Waals surface area contributed by atoms with Crippen molar-refractivity contribution in [3.8, 4) is 0 Å². The predicted molar refractivity (Wildman–Crippen MR) is 180 cm³/mol. The summed E-state index contributed by atoms with van der Waals surface area (Å²) in [6, 6.07) is -0.728. The van der Waals surface area contributed by atoms with Crippen LogP contribution in [0.4, 0.5) is 0 Å². The Morgan fingerprint density at radius 1 is 0.667 bits per heavy atom. The number of ether oxygens (including phenoxy) is 3. The van der Waals surface area contributed by atoms with E-state index in [0.717, 1.165) is 70.6 Å². The zero-order chi connectivity index (χ0) is 33.6. The van der Waals surface area contributed by atoms with Crippen LogP contribution in [-0.4, -0.2) is 75.5 Å². The molecule has 2 atom stereocenters. The zero-order valence-electron chi connectivity index (χ0n) is 29.3. The van der Waals surface area contributed by atoms with Crippen LogP contribution in [0.2, 0.25) is 0 Å². The van der Waals surface area contributed by atoms with Crippen molar-refractivity contribution in [3.05, 3.63) is 36.5 Å². The summed E-state index contributed by atoms with van der Waals surface area (Å²) in [5.74, 6) is -1.80. The van der Waals surface area contributed by atoms with Gasteiger partial charge in [-0.25, -0.2) is 0 Å². The van der Waals surface area contributed by atoms with E-state index in [2.05, 4.69) is 50.3 Å². The number of esters is 2. The lowest BCUT2D eigenvalue weighted by Crippen LogP contribution is -2.55. The highest BCUT2D eigenvalue weighted by atomic mass is 16.6. The minimum atomic E-state index is -1.13. The number of likely N-dealkylation sites (N-methyl/N-ethyl adjacent to an activating group) is 1. The van der Waals surface area contributed by atoms with Gasteiger partial charge in [0.2, 0.25) is 0 Å². The molecule has 0 aliphatic heterocycles. The van der Waals surface area contributed by atoms with Crippen molar-refractivity contribution in [1.29, 1.82) is 0 Å². The van der Waals surface area contributed by atoms with E-state index in [-0.39, 0.29) is 42.7 Å². The van der Waals surface area contributed by atoms with E-state index in [1.165, 1.54) is 25.7 Å². The molecule has 0 rings (SSSR count). The summed E-state index contributed by atoms with van der Waals surface area (Å²) in [6.45, 7) is 4.49. The second-order valence-electron chi connectivity index (χ2n) is 12.8. The number of rotatable bonds is 30. The highest BCUT2D eigenvalue weighted by Crippen LogP contribution is 2.11. The minimum absolute atomic E-state index is 0.0273. The van der Waals surface area contributed by atoms with Gasteiger partial charge in [-0.3, -0.25) is 9.59 Å². The van der Waals surface area contributed by atoms with E-state index < -0.39 is 18.1 Å². The molecule has 260 valence electrons. The Bertz CT molecular complexity index is 844. The molecule has 0 bridgehead atoms. The second-order valence-corrected chi connectivity index (χ2v) is 12.8. The number of carboxylic acids is 1. The van der Waals surface area contributed by atoms with E-state index in [4.69, 9.17) is 14.2 Å². The van der Waals surface area contributed by atoms with Crippen LogP contribution in [0, 0.1) is 0 Å². The van der Waals surface area contributed by atoms with Crippen LogP contribution < -0.4 is 5.11 Å². The molecule has 0 aliphatic carbocycles. The maximum atomic E-state index is 12.6. The third kappa shape index (κ3) is 27.6. The molecule has 45 heavy (non-hydrogen) atoms. The van der Waals surface area contributed by atoms with Crippen LogP contribution >= 0.6 is 0 Å². The number of hydrogen-bond donors (Lipinski definition) is 0. The number of hydrogen-bond acceptors (Lipinski definition) is 7. The first kappa shape index (κ1) is 42.6. The van der Waals surface area contributed by atoms with Gasteiger partial charge in [-0.05, 0) is 51.4 Å². The van der Waals surface area contributed by atoms with Crippen LogP contribution in [0.15, 0.2) is 36.5 Å². The first-order chi connectivity index (χ1) is 21.6. The molecule has 0 aromatic heterocycles. The fraction of sp³-hybridized carbons (Fsp3) is 0.757. The first-order valence-corrected chi connectivity index (χ1v) is 17.5. The van der Waals surface area contributed by atoms with Crippen molar-refractivity contribution in [1.82, 2.24) is 0 Å². The van der Waals surface area contributed by atoms with Gasteiger partial charge in [-0.15, -0.1) is 0 Å². The lowest BCUT2D eigenvalue weighted by atomic mass is 10.1. The number of quaternary nitrogens is 1. The van der Waals surface area contributed by atoms with E-state index in [0.29, 0.717) is 12.8 Å². The number of carbonyl (C=O) groups is 3. The Kier molecular flexibility index (Phi) is 27.4. The third-order valence-corrected chi connectivity index (χ3v) is 7.53. The molecule has 0 aromatic rings. The molecule has 0 fully saturated rings. The minimum Gasteiger partial charge on any atom is -0.544 e. The maximum Gasteiger partial charge on any atom is 0.306 e. The van der Waals surface area contributed by atoms with Crippen molar-refractivity contribution >= 4 is 17.9 Å². The van der Waals surface area contributed by atoms with Crippen LogP contribution in [0.1, 0.15) is 129 Å². The van der Waals surface area contributed by atoms with Crippen molar-refractivity contribution < 1.29 is 38.2 Å². The van der Waals surface area contributed by atoms with Crippen LogP contribution in [0.25, 0.3) is 0 Å². The van der Waals surface area contributed by atoms with Gasteiger partial charge in [0.15, 0.2) is 6.10 Å². The van der Waals surface area contributed by atoms with Gasteiger partial charge < -0.3 is 28.6 Å². The molecule has 2 unspecified atom stereocenters. The Morgan fingerprint density at radius 3 is 1.76 bits per heavy atom. The third-order valence-electron chi connectivity index (χ3n) is 7.53. The molecule has 0 radical (unpaired) electrons. The van der Waals surface area contributed by atoms with Crippen molar-refractivity contribution in [2.75, 3.05) is 41.0 Å². The molecule has 8 nitrogen and oxygen atoms in total. The van der Waals surface area contributed by atoms with Crippen molar-refractivity contribution in [2.24, 2.45) is 0 Å². The molecular formula is C37H65NO7. The monoisotopic (exact) mass is 635 g/mol. The van der Waals surface area contributed by atoms with Gasteiger partial charge in [0.05, 0.1) is 40.3 Å². The summed E-state index contributed by atoms with van der Waals surface area (Å²) in [6.07, 6.45) is 28.9. The largest absolute Gasteiger partial charge is 0.544 e. The summed E-state index contributed by atoms with van der Waals surface area (Å²) in [4.78, 5) is 36.4. The molecule has 8 heteroatoms. The Balaban J connectivity index is 4.54. The fourth-order valence-electron chi connectivity index (χ4n) is 4.67. The molecule has 0 saturated heterocycles. The van der Waals surface area contributed by atoms with Crippen molar-refractivity contribution in [3.63, 3.8) is 0 Å². The number of unbranched alkanes of at least 4 members (excludes halogenated alkanes) is 11. The van der Waals surface area contributed by atoms with Gasteiger partial charge in [0.1, 0.15) is 12.6 Å². The normalized spacial score (nSPS) is 13.5. The van der Waals surface area contributed by atoms with Gasteiger partial charge in [0.25, 0.3) is 0 Å². The number of allylic oxidation sites excluding steroid dienone is 6. The summed E-state index contributed by atoms with van der Waals surface area (Å²) in [5, 5.41) is 11.5. The molecule has 0 heterocycles. The predicted octanol–water partition coefficient (Wildman–Crippen LogP) is 7.01. The molecule has 0 N–H and O–H groups in total. The van der Waals surface area contributed by atoms with Gasteiger partial charge in [-0.2, -0.15) is 0 Å². The molecule has 0 amide bonds. The zero-order valence-corrected chi connectivity index (χ0v) is 29.3. The van der Waals surface area contributed by atoms with E-state index in [1.54, 1.807) is 21.1 Å². The summed E-state index contributed by atoms with van der Waals surface area (Å²) in [5.41, 5.74) is 0. The number of carboxylic acid groups (broad SMARTS) is 1. The number of carbonyl (C=O) groups excluding carboxylic acids is 3. The van der Waals surface area contributed by atoms with Crippen LogP contribution in [-0.2, 0) is 28.6 Å². The molecule has 0 spiro atoms. The average molecular weight is 636 g/mol. The molecule has 0 aromatic carbocycles. The molecule has 0 aliphatic rings. The SMILES string of the molecule is CCCC/C=C/C=C/CCCCCC(=O)OCC(COCCC(C(=O)[O-])[N+](C)(C)C)OC(=O)CCCCCC/C=C/CCCC. The molecule has 0 saturated carbocycles. The summed E-state index contributed by atoms with van der Waals surface area (Å²) >= 11 is 0. The lowest BCUT2D eigenvalue weighted by molar-refractivity contribution is -0.889. The Labute approximate surface area is 274 Å². The van der Waals surface area contributed by atoms with Gasteiger partial charge in [0, 0.05) is 19.3 Å². The van der Waals surface area contributed by atoms with Crippen LogP contribution in [0.5, 0.6) is 0 Å². The van der Waals surface area contributed by atoms with E-state index in [9.17, 15) is 19.5 Å². The lowest BCUT2D eigenvalue weighted by Gasteiger charge is -2.34. The average Bonchev–Trinajstić information content (AvgIpc) is 2.98. The Hall–Kier alpha value is -2.45. The second kappa shape index (κ2) is 29.0. The smallest absolute Gasteiger partial charge is 0.306 e. The van der Waals surface area contributed by atoms with Crippen LogP contribution in [0.3, 0.4) is 0 Å². The number of aliphatic carboxylic acids is 1. The Morgan fingerprint density at radius 2 is 1.18 bits per heavy atom. The highest BCUT2D eigenvalue weighted by molar-refractivity contribution is 5.70. The standard InChI is InChI=1S/C37H65NO7/c1-6-8-10-12-14-16-18-20-21-23-25-27-35(39)44-32-33(31-43-30-29-34(37(41)42)38(3,4)5)45-36(40)28-26-24-22-19-17-15-13-11-9-7-2/h12-16,18,33-34H,6-11,17,19-32H2,1-5H3/b14-12+,15-13+,18-16+. The highest BCUT2D eigenvalue weighted by Gasteiger charge is 2.25. The quantitative estimate of drug-likeness (QED) is 0.0275. The summed E-state index contributed by atoms with van der Waals surface area (Å²) < 4.78 is 17.0. The van der Waals surface area contributed by atoms with Crippen molar-refractivity contribution in [2.45, 2.75) is 142 Å². The first-order valence-electron chi connectivity index (χ1n) is 17.5. The number of nitrogens with zero attached hydrogens (tertiary/aromatic N) is 1. The van der Waals surface area contributed by atoms with E-state index in [1.807, 2.05) is 0 Å². The topological polar surface area (TPSA) is 102 Å². The molecular weight excluding hydrogens is 570 g/mol. The van der Waals surface area contributed by atoms with E-state index >= 15 is 0 Å².